The molecule has 1 aromatic rings. The normalized spacial score (nSPS) is 17.6. The second-order valence-electron chi connectivity index (χ2n) is 4.73. The van der Waals surface area contributed by atoms with Crippen molar-refractivity contribution in [3.05, 3.63) is 34.4 Å². The molecule has 0 aromatic heterocycles. The van der Waals surface area contributed by atoms with Gasteiger partial charge in [0, 0.05) is 6.42 Å². The van der Waals surface area contributed by atoms with E-state index < -0.39 is 0 Å². The minimum Gasteiger partial charge on any atom is -0.349 e. The smallest absolute Gasteiger partial charge is 0.220 e. The van der Waals surface area contributed by atoms with E-state index in [1.807, 2.05) is 6.92 Å². The lowest BCUT2D eigenvalue weighted by Gasteiger charge is -2.33. The zero-order chi connectivity index (χ0) is 11.7. The van der Waals surface area contributed by atoms with Crippen LogP contribution in [0.1, 0.15) is 48.1 Å². The lowest BCUT2D eigenvalue weighted by molar-refractivity contribution is -0.122. The summed E-state index contributed by atoms with van der Waals surface area (Å²) in [6.07, 6.45) is 2.54. The summed E-state index contributed by atoms with van der Waals surface area (Å²) in [5.74, 6) is 0.179. The predicted molar refractivity (Wildman–Crippen MR) is 65.4 cm³/mol. The molecule has 1 N–H and O–H groups in total. The van der Waals surface area contributed by atoms with Crippen LogP contribution in [0.15, 0.2) is 12.1 Å². The van der Waals surface area contributed by atoms with Crippen molar-refractivity contribution in [3.63, 3.8) is 0 Å². The van der Waals surface area contributed by atoms with Gasteiger partial charge in [0.15, 0.2) is 0 Å². The molecule has 1 aliphatic carbocycles. The number of carbonyl (C=O) groups excluding carboxylic acids is 1. The number of fused-ring (bicyclic) bond motifs is 1. The molecule has 2 rings (SSSR count). The number of rotatable bonds is 3. The summed E-state index contributed by atoms with van der Waals surface area (Å²) in [7, 11) is 0. The number of aryl methyl sites for hydroxylation is 2. The predicted octanol–water partition coefficient (Wildman–Crippen LogP) is 2.82. The number of nitrogens with one attached hydrogen (secondary N) is 1. The highest BCUT2D eigenvalue weighted by Crippen LogP contribution is 2.36. The van der Waals surface area contributed by atoms with Crippen LogP contribution in [-0.2, 0) is 11.2 Å². The van der Waals surface area contributed by atoms with E-state index in [1.165, 1.54) is 22.3 Å². The molecule has 1 unspecified atom stereocenters. The molecule has 16 heavy (non-hydrogen) atoms. The second-order valence-corrected chi connectivity index (χ2v) is 4.73. The molecular weight excluding hydrogens is 198 g/mol. The van der Waals surface area contributed by atoms with Crippen LogP contribution < -0.4 is 5.32 Å². The molecule has 0 radical (unpaired) electrons. The maximum Gasteiger partial charge on any atom is 0.220 e. The highest BCUT2D eigenvalue weighted by molar-refractivity contribution is 5.77. The molecule has 2 nitrogen and oxygen atoms in total. The number of hydrogen-bond donors (Lipinski definition) is 1. The molecule has 1 aliphatic rings. The molecule has 86 valence electrons. The first kappa shape index (κ1) is 11.2. The minimum absolute atomic E-state index is 0.179. The summed E-state index contributed by atoms with van der Waals surface area (Å²) in [6.45, 7) is 6.28. The first-order chi connectivity index (χ1) is 7.61. The number of carbonyl (C=O) groups is 1. The van der Waals surface area contributed by atoms with Crippen LogP contribution in [0.3, 0.4) is 0 Å². The molecule has 0 saturated heterocycles. The molecule has 0 fully saturated rings. The van der Waals surface area contributed by atoms with Crippen LogP contribution in [0.4, 0.5) is 0 Å². The first-order valence-corrected chi connectivity index (χ1v) is 6.01. The van der Waals surface area contributed by atoms with Crippen LogP contribution >= 0.6 is 0 Å². The topological polar surface area (TPSA) is 29.1 Å². The molecule has 0 spiro atoms. The van der Waals surface area contributed by atoms with Gasteiger partial charge in [0.1, 0.15) is 0 Å². The van der Waals surface area contributed by atoms with Crippen LogP contribution in [0.5, 0.6) is 0 Å². The van der Waals surface area contributed by atoms with E-state index in [0.29, 0.717) is 6.42 Å². The molecule has 0 aliphatic heterocycles. The molecule has 1 atom stereocenters. The Morgan fingerprint density at radius 2 is 2.19 bits per heavy atom. The van der Waals surface area contributed by atoms with Crippen molar-refractivity contribution in [2.75, 3.05) is 0 Å². The number of benzene rings is 1. The van der Waals surface area contributed by atoms with Crippen LogP contribution in [0, 0.1) is 13.8 Å². The van der Waals surface area contributed by atoms with Gasteiger partial charge in [-0.2, -0.15) is 0 Å². The van der Waals surface area contributed by atoms with Crippen molar-refractivity contribution in [1.82, 2.24) is 5.32 Å². The SMILES string of the molecule is CCCC(=O)NC1Cc2cc(C)cc(C)c21. The van der Waals surface area contributed by atoms with E-state index in [4.69, 9.17) is 0 Å². The molecular formula is C14H19NO. The quantitative estimate of drug-likeness (QED) is 0.828. The van der Waals surface area contributed by atoms with Crippen molar-refractivity contribution in [3.8, 4) is 0 Å². The van der Waals surface area contributed by atoms with Gasteiger partial charge in [-0.25, -0.2) is 0 Å². The van der Waals surface area contributed by atoms with Crippen molar-refractivity contribution >= 4 is 5.91 Å². The lowest BCUT2D eigenvalue weighted by Crippen LogP contribution is -2.36. The van der Waals surface area contributed by atoms with Crippen LogP contribution in [-0.4, -0.2) is 5.91 Å². The Morgan fingerprint density at radius 1 is 1.44 bits per heavy atom. The van der Waals surface area contributed by atoms with Gasteiger partial charge in [0.2, 0.25) is 5.91 Å². The van der Waals surface area contributed by atoms with Gasteiger partial charge in [0.25, 0.3) is 0 Å². The monoisotopic (exact) mass is 217 g/mol. The van der Waals surface area contributed by atoms with Gasteiger partial charge in [-0.05, 0) is 43.4 Å². The third kappa shape index (κ3) is 1.97. The standard InChI is InChI=1S/C14H19NO/c1-4-5-13(16)15-12-8-11-7-9(2)6-10(3)14(11)12/h6-7,12H,4-5,8H2,1-3H3,(H,15,16). The zero-order valence-corrected chi connectivity index (χ0v) is 10.3. The van der Waals surface area contributed by atoms with E-state index in [0.717, 1.165) is 12.8 Å². The minimum atomic E-state index is 0.179. The Bertz CT molecular complexity index is 406. The fourth-order valence-corrected chi connectivity index (χ4v) is 2.54. The Kier molecular flexibility index (Phi) is 2.99. The molecule has 1 amide bonds. The summed E-state index contributed by atoms with van der Waals surface area (Å²) in [4.78, 5) is 11.5. The summed E-state index contributed by atoms with van der Waals surface area (Å²) >= 11 is 0. The maximum absolute atomic E-state index is 11.5. The number of hydrogen-bond acceptors (Lipinski definition) is 1. The molecule has 0 saturated carbocycles. The zero-order valence-electron chi connectivity index (χ0n) is 10.3. The highest BCUT2D eigenvalue weighted by atomic mass is 16.1. The molecule has 0 bridgehead atoms. The van der Waals surface area contributed by atoms with Crippen molar-refractivity contribution < 1.29 is 4.79 Å². The van der Waals surface area contributed by atoms with E-state index in [9.17, 15) is 4.79 Å². The van der Waals surface area contributed by atoms with Crippen molar-refractivity contribution in [2.45, 2.75) is 46.1 Å². The Labute approximate surface area is 97.1 Å². The number of amides is 1. The van der Waals surface area contributed by atoms with E-state index >= 15 is 0 Å². The van der Waals surface area contributed by atoms with E-state index in [2.05, 4.69) is 31.3 Å². The Hall–Kier alpha value is -1.31. The Morgan fingerprint density at radius 3 is 2.81 bits per heavy atom. The third-order valence-corrected chi connectivity index (χ3v) is 3.20. The van der Waals surface area contributed by atoms with Gasteiger partial charge >= 0.3 is 0 Å². The summed E-state index contributed by atoms with van der Waals surface area (Å²) in [6, 6.07) is 4.68. The largest absolute Gasteiger partial charge is 0.349 e. The van der Waals surface area contributed by atoms with Gasteiger partial charge in [-0.3, -0.25) is 4.79 Å². The third-order valence-electron chi connectivity index (χ3n) is 3.20. The lowest BCUT2D eigenvalue weighted by atomic mass is 9.79. The summed E-state index contributed by atoms with van der Waals surface area (Å²) in [5, 5.41) is 3.09. The van der Waals surface area contributed by atoms with Crippen molar-refractivity contribution in [2.24, 2.45) is 0 Å². The van der Waals surface area contributed by atoms with Gasteiger partial charge in [-0.15, -0.1) is 0 Å². The van der Waals surface area contributed by atoms with Gasteiger partial charge in [-0.1, -0.05) is 24.6 Å². The fourth-order valence-electron chi connectivity index (χ4n) is 2.54. The summed E-state index contributed by atoms with van der Waals surface area (Å²) in [5.41, 5.74) is 5.37. The average Bonchev–Trinajstić information content (AvgIpc) is 2.14. The Balaban J connectivity index is 2.10. The second kappa shape index (κ2) is 4.28. The first-order valence-electron chi connectivity index (χ1n) is 6.01. The molecule has 1 aromatic carbocycles. The molecule has 2 heteroatoms. The van der Waals surface area contributed by atoms with Crippen LogP contribution in [0.25, 0.3) is 0 Å². The fraction of sp³-hybridized carbons (Fsp3) is 0.500. The van der Waals surface area contributed by atoms with Gasteiger partial charge < -0.3 is 5.32 Å². The van der Waals surface area contributed by atoms with E-state index in [1.54, 1.807) is 0 Å². The van der Waals surface area contributed by atoms with Crippen molar-refractivity contribution in [1.29, 1.82) is 0 Å². The highest BCUT2D eigenvalue weighted by Gasteiger charge is 2.28. The maximum atomic E-state index is 11.5. The van der Waals surface area contributed by atoms with Gasteiger partial charge in [0.05, 0.1) is 6.04 Å². The van der Waals surface area contributed by atoms with E-state index in [-0.39, 0.29) is 11.9 Å². The molecule has 0 heterocycles. The van der Waals surface area contributed by atoms with Crippen LogP contribution in [0.2, 0.25) is 0 Å². The summed E-state index contributed by atoms with van der Waals surface area (Å²) < 4.78 is 0. The average molecular weight is 217 g/mol.